The zero-order valence-corrected chi connectivity index (χ0v) is 17.2. The number of nitrogens with one attached hydrogen (secondary N) is 2. The average Bonchev–Trinajstić information content (AvgIpc) is 3.21. The molecule has 4 N–H and O–H groups in total. The Bertz CT molecular complexity index is 1040. The second-order valence-electron chi connectivity index (χ2n) is 7.47. The van der Waals surface area contributed by atoms with Gasteiger partial charge in [0.05, 0.1) is 19.3 Å². The lowest BCUT2D eigenvalue weighted by molar-refractivity contribution is -0.137. The van der Waals surface area contributed by atoms with Crippen LogP contribution in [0.15, 0.2) is 54.7 Å². The van der Waals surface area contributed by atoms with E-state index in [0.29, 0.717) is 44.2 Å². The van der Waals surface area contributed by atoms with E-state index in [1.807, 2.05) is 30.5 Å². The Morgan fingerprint density at radius 1 is 1.13 bits per heavy atom. The molecule has 1 aliphatic heterocycles. The zero-order valence-electron chi connectivity index (χ0n) is 17.2. The summed E-state index contributed by atoms with van der Waals surface area (Å²) in [5.74, 6) is 0.230. The number of aromatic nitrogens is 1. The highest BCUT2D eigenvalue weighted by atomic mass is 16.5. The van der Waals surface area contributed by atoms with Gasteiger partial charge in [-0.2, -0.15) is 0 Å². The average molecular weight is 422 g/mol. The number of carbonyl (C=O) groups is 2. The number of carbonyl (C=O) groups excluding carboxylic acids is 2. The fraction of sp³-hybridized carbons (Fsp3) is 0.304. The van der Waals surface area contributed by atoms with Crippen LogP contribution in [0.4, 0.5) is 5.69 Å². The number of morpholine rings is 1. The van der Waals surface area contributed by atoms with E-state index in [1.165, 1.54) is 0 Å². The minimum absolute atomic E-state index is 0.0266. The molecule has 1 aliphatic rings. The molecule has 8 heteroatoms. The Hall–Kier alpha value is -3.36. The summed E-state index contributed by atoms with van der Waals surface area (Å²) < 4.78 is 10.8. The predicted molar refractivity (Wildman–Crippen MR) is 118 cm³/mol. The summed E-state index contributed by atoms with van der Waals surface area (Å²) in [5.41, 5.74) is 8.77. The highest BCUT2D eigenvalue weighted by Gasteiger charge is 2.18. The number of hydrogen-bond donors (Lipinski definition) is 3. The molecule has 1 fully saturated rings. The van der Waals surface area contributed by atoms with Crippen LogP contribution in [0, 0.1) is 0 Å². The zero-order chi connectivity index (χ0) is 21.6. The van der Waals surface area contributed by atoms with Gasteiger partial charge in [-0.15, -0.1) is 0 Å². The molecule has 4 rings (SSSR count). The molecule has 8 nitrogen and oxygen atoms in total. The lowest BCUT2D eigenvalue weighted by atomic mass is 10.0. The van der Waals surface area contributed by atoms with Gasteiger partial charge in [0.15, 0.2) is 6.61 Å². The van der Waals surface area contributed by atoms with Crippen LogP contribution in [-0.2, 0) is 20.7 Å². The van der Waals surface area contributed by atoms with Crippen LogP contribution in [-0.4, -0.2) is 60.7 Å². The fourth-order valence-electron chi connectivity index (χ4n) is 3.55. The molecule has 1 aromatic heterocycles. The predicted octanol–water partition coefficient (Wildman–Crippen LogP) is 1.91. The van der Waals surface area contributed by atoms with Crippen molar-refractivity contribution in [3.63, 3.8) is 0 Å². The third-order valence-corrected chi connectivity index (χ3v) is 5.30. The monoisotopic (exact) mass is 422 g/mol. The van der Waals surface area contributed by atoms with Crippen molar-refractivity contribution in [1.29, 1.82) is 0 Å². The number of aromatic amines is 1. The number of nitrogens with zero attached hydrogens (tertiary/aromatic N) is 1. The number of amides is 2. The van der Waals surface area contributed by atoms with Gasteiger partial charge in [-0.3, -0.25) is 9.59 Å². The SMILES string of the molecule is N[C@@H](Cc1c[nH]c2ccccc12)C(=O)Nc1ccc(OCC(=O)N2CCOCC2)cc1. The first-order valence-corrected chi connectivity index (χ1v) is 10.3. The summed E-state index contributed by atoms with van der Waals surface area (Å²) in [6, 6.07) is 14.1. The van der Waals surface area contributed by atoms with Crippen LogP contribution in [0.2, 0.25) is 0 Å². The number of nitrogens with two attached hydrogens (primary N) is 1. The van der Waals surface area contributed by atoms with Gasteiger partial charge in [0.1, 0.15) is 5.75 Å². The molecule has 2 aromatic carbocycles. The summed E-state index contributed by atoms with van der Waals surface area (Å²) >= 11 is 0. The number of anilines is 1. The lowest BCUT2D eigenvalue weighted by Gasteiger charge is -2.26. The normalized spacial score (nSPS) is 14.9. The molecule has 0 aliphatic carbocycles. The summed E-state index contributed by atoms with van der Waals surface area (Å²) in [4.78, 5) is 29.6. The highest BCUT2D eigenvalue weighted by molar-refractivity contribution is 5.95. The van der Waals surface area contributed by atoms with Gasteiger partial charge in [0.2, 0.25) is 5.91 Å². The maximum absolute atomic E-state index is 12.5. The molecule has 1 saturated heterocycles. The molecular weight excluding hydrogens is 396 g/mol. The van der Waals surface area contributed by atoms with Crippen LogP contribution >= 0.6 is 0 Å². The third kappa shape index (κ3) is 5.22. The van der Waals surface area contributed by atoms with Crippen molar-refractivity contribution in [2.45, 2.75) is 12.5 Å². The van der Waals surface area contributed by atoms with Gasteiger partial charge in [0, 0.05) is 35.9 Å². The second-order valence-corrected chi connectivity index (χ2v) is 7.47. The Balaban J connectivity index is 1.27. The quantitative estimate of drug-likeness (QED) is 0.539. The molecule has 3 aromatic rings. The van der Waals surface area contributed by atoms with Crippen LogP contribution < -0.4 is 15.8 Å². The van der Waals surface area contributed by atoms with E-state index in [4.69, 9.17) is 15.2 Å². The minimum atomic E-state index is -0.679. The summed E-state index contributed by atoms with van der Waals surface area (Å²) in [6.45, 7) is 2.27. The lowest BCUT2D eigenvalue weighted by Crippen LogP contribution is -2.42. The summed E-state index contributed by atoms with van der Waals surface area (Å²) in [5, 5.41) is 3.90. The number of ether oxygens (including phenoxy) is 2. The molecule has 2 heterocycles. The standard InChI is InChI=1S/C23H26N4O4/c24-20(13-16-14-25-21-4-2-1-3-19(16)21)23(29)26-17-5-7-18(8-6-17)31-15-22(28)27-9-11-30-12-10-27/h1-8,14,20,25H,9-13,15,24H2,(H,26,29)/t20-/m0/s1. The summed E-state index contributed by atoms with van der Waals surface area (Å²) in [7, 11) is 0. The number of hydrogen-bond acceptors (Lipinski definition) is 5. The van der Waals surface area contributed by atoms with E-state index in [9.17, 15) is 9.59 Å². The van der Waals surface area contributed by atoms with Crippen LogP contribution in [0.3, 0.4) is 0 Å². The van der Waals surface area contributed by atoms with E-state index in [-0.39, 0.29) is 18.4 Å². The minimum Gasteiger partial charge on any atom is -0.484 e. The number of fused-ring (bicyclic) bond motifs is 1. The van der Waals surface area contributed by atoms with E-state index < -0.39 is 6.04 Å². The Labute approximate surface area is 180 Å². The van der Waals surface area contributed by atoms with Crippen LogP contribution in [0.1, 0.15) is 5.56 Å². The topological polar surface area (TPSA) is 110 Å². The first-order valence-electron chi connectivity index (χ1n) is 10.3. The van der Waals surface area contributed by atoms with Gasteiger partial charge in [-0.05, 0) is 42.3 Å². The van der Waals surface area contributed by atoms with Gasteiger partial charge >= 0.3 is 0 Å². The molecule has 2 amide bonds. The number of benzene rings is 2. The fourth-order valence-corrected chi connectivity index (χ4v) is 3.55. The van der Waals surface area contributed by atoms with Crippen molar-refractivity contribution in [3.05, 3.63) is 60.3 Å². The molecule has 0 unspecified atom stereocenters. The van der Waals surface area contributed by atoms with Crippen molar-refractivity contribution in [2.24, 2.45) is 5.73 Å². The summed E-state index contributed by atoms with van der Waals surface area (Å²) in [6.07, 6.45) is 2.32. The Kier molecular flexibility index (Phi) is 6.49. The van der Waals surface area contributed by atoms with Crippen molar-refractivity contribution < 1.29 is 19.1 Å². The van der Waals surface area contributed by atoms with E-state index >= 15 is 0 Å². The molecule has 162 valence electrons. The maximum Gasteiger partial charge on any atom is 0.260 e. The number of para-hydroxylation sites is 1. The third-order valence-electron chi connectivity index (χ3n) is 5.30. The molecule has 0 saturated carbocycles. The first-order chi connectivity index (χ1) is 15.1. The largest absolute Gasteiger partial charge is 0.484 e. The number of H-pyrrole nitrogens is 1. The van der Waals surface area contributed by atoms with Crippen LogP contribution in [0.25, 0.3) is 10.9 Å². The second kappa shape index (κ2) is 9.63. The van der Waals surface area contributed by atoms with Crippen molar-refractivity contribution >= 4 is 28.4 Å². The molecular formula is C23H26N4O4. The van der Waals surface area contributed by atoms with Gasteiger partial charge in [-0.25, -0.2) is 0 Å². The van der Waals surface area contributed by atoms with E-state index in [1.54, 1.807) is 29.2 Å². The Morgan fingerprint density at radius 2 is 1.87 bits per heavy atom. The Morgan fingerprint density at radius 3 is 2.65 bits per heavy atom. The van der Waals surface area contributed by atoms with Gasteiger partial charge in [-0.1, -0.05) is 18.2 Å². The van der Waals surface area contributed by atoms with Crippen molar-refractivity contribution in [3.8, 4) is 5.75 Å². The van der Waals surface area contributed by atoms with Crippen LogP contribution in [0.5, 0.6) is 5.75 Å². The molecule has 0 bridgehead atoms. The molecule has 31 heavy (non-hydrogen) atoms. The van der Waals surface area contributed by atoms with Crippen molar-refractivity contribution in [1.82, 2.24) is 9.88 Å². The smallest absolute Gasteiger partial charge is 0.260 e. The highest BCUT2D eigenvalue weighted by Crippen LogP contribution is 2.20. The van der Waals surface area contributed by atoms with E-state index in [2.05, 4.69) is 10.3 Å². The first kappa shape index (κ1) is 20.9. The molecule has 0 radical (unpaired) electrons. The number of rotatable bonds is 7. The van der Waals surface area contributed by atoms with E-state index in [0.717, 1.165) is 16.5 Å². The maximum atomic E-state index is 12.5. The molecule has 0 spiro atoms. The van der Waals surface area contributed by atoms with Gasteiger partial charge in [0.25, 0.3) is 5.91 Å². The van der Waals surface area contributed by atoms with Crippen molar-refractivity contribution in [2.75, 3.05) is 38.2 Å². The van der Waals surface area contributed by atoms with Gasteiger partial charge < -0.3 is 30.4 Å². The molecule has 1 atom stereocenters.